The number of ether oxygens (including phenoxy) is 4. The van der Waals surface area contributed by atoms with Crippen molar-refractivity contribution in [3.63, 3.8) is 0 Å². The molecular formula is C94H184O8. The van der Waals surface area contributed by atoms with E-state index in [1.54, 1.807) is 0 Å². The maximum absolute atomic E-state index is 12.2. The van der Waals surface area contributed by atoms with Crippen LogP contribution in [0.2, 0.25) is 0 Å². The molecule has 1 atom stereocenters. The van der Waals surface area contributed by atoms with Gasteiger partial charge in [-0.25, -0.2) is 0 Å². The predicted molar refractivity (Wildman–Crippen MR) is 445 cm³/mol. The highest BCUT2D eigenvalue weighted by molar-refractivity contribution is 5.70. The molecule has 0 bridgehead atoms. The molecule has 0 heterocycles. The predicted octanol–water partition coefficient (Wildman–Crippen LogP) is 32.2. The lowest BCUT2D eigenvalue weighted by molar-refractivity contribution is -0.158. The standard InChI is InChI=1S/2C47H92O4/c1-4-6-8-10-12-14-16-18-20-22-24-26-28-30-32-34-36-38-40-42-46(48)50-44-45(3)51-47(49)43-41-39-37-35-33-31-29-27-25-23-21-19-17-15-13-11-9-7-5-2;1-3-5-7-9-11-13-15-17-19-21-23-25-27-29-31-33-35-37-39-42-46(48)50-44-41-45-51-47(49)43-40-38-36-34-32-30-28-26-24-22-20-18-16-14-12-10-8-6-4-2/h45H,4-44H2,1-3H3;3-45H2,1-2H3. The number of carbonyl (C=O) groups excluding carboxylic acids is 4. The number of hydrogen-bond donors (Lipinski definition) is 0. The molecule has 608 valence electrons. The topological polar surface area (TPSA) is 105 Å². The van der Waals surface area contributed by atoms with Crippen molar-refractivity contribution in [1.82, 2.24) is 0 Å². The summed E-state index contributed by atoms with van der Waals surface area (Å²) in [6.45, 7) is 11.8. The molecule has 0 aromatic rings. The summed E-state index contributed by atoms with van der Waals surface area (Å²) in [5, 5.41) is 0. The minimum atomic E-state index is -0.369. The summed E-state index contributed by atoms with van der Waals surface area (Å²) in [7, 11) is 0. The van der Waals surface area contributed by atoms with Gasteiger partial charge in [0.05, 0.1) is 13.2 Å². The van der Waals surface area contributed by atoms with Crippen LogP contribution < -0.4 is 0 Å². The number of esters is 4. The molecular weight excluding hydrogens is 1260 g/mol. The van der Waals surface area contributed by atoms with Crippen molar-refractivity contribution in [3.8, 4) is 0 Å². The third kappa shape index (κ3) is 94.0. The van der Waals surface area contributed by atoms with Crippen molar-refractivity contribution in [2.24, 2.45) is 0 Å². The van der Waals surface area contributed by atoms with E-state index in [1.807, 2.05) is 6.92 Å². The van der Waals surface area contributed by atoms with Crippen molar-refractivity contribution in [2.75, 3.05) is 19.8 Å². The molecule has 0 saturated heterocycles. The molecule has 0 amide bonds. The molecule has 8 nitrogen and oxygen atoms in total. The molecule has 102 heavy (non-hydrogen) atoms. The SMILES string of the molecule is CCCCCCCCCCCCCCCCCCCCCC(=O)OCC(C)OC(=O)CCCCCCCCCCCCCCCCCCCCC.CCCCCCCCCCCCCCCCCCCCCC(=O)OCCCOC(=O)CCCCCCCCCCCCCCCCCCCCC. The van der Waals surface area contributed by atoms with Crippen molar-refractivity contribution < 1.29 is 38.1 Å². The molecule has 0 saturated carbocycles. The zero-order chi connectivity index (χ0) is 74.1. The van der Waals surface area contributed by atoms with E-state index in [-0.39, 0.29) is 36.6 Å². The third-order valence-electron chi connectivity index (χ3n) is 21.6. The molecule has 0 aromatic carbocycles. The average Bonchev–Trinajstić information content (AvgIpc) is 3.81. The van der Waals surface area contributed by atoms with E-state index >= 15 is 0 Å². The van der Waals surface area contributed by atoms with Crippen LogP contribution in [0.3, 0.4) is 0 Å². The minimum Gasteiger partial charge on any atom is -0.466 e. The highest BCUT2D eigenvalue weighted by Gasteiger charge is 2.13. The first-order chi connectivity index (χ1) is 50.3. The van der Waals surface area contributed by atoms with Crippen LogP contribution in [0, 0.1) is 0 Å². The average molecular weight is 1440 g/mol. The lowest BCUT2D eigenvalue weighted by atomic mass is 10.0. The Balaban J connectivity index is 0. The third-order valence-corrected chi connectivity index (χ3v) is 21.6. The van der Waals surface area contributed by atoms with E-state index in [1.165, 1.54) is 437 Å². The molecule has 0 N–H and O–H groups in total. The molecule has 0 aromatic heterocycles. The van der Waals surface area contributed by atoms with Crippen LogP contribution in [-0.2, 0) is 38.1 Å². The van der Waals surface area contributed by atoms with Gasteiger partial charge in [0.15, 0.2) is 0 Å². The van der Waals surface area contributed by atoms with Gasteiger partial charge in [-0.2, -0.15) is 0 Å². The molecule has 0 aliphatic heterocycles. The Kier molecular flexibility index (Phi) is 93.0. The summed E-state index contributed by atoms with van der Waals surface area (Å²) in [5.74, 6) is -0.544. The molecule has 0 radical (unpaired) electrons. The smallest absolute Gasteiger partial charge is 0.306 e. The monoisotopic (exact) mass is 1440 g/mol. The largest absolute Gasteiger partial charge is 0.466 e. The maximum atomic E-state index is 12.2. The van der Waals surface area contributed by atoms with Gasteiger partial charge in [0.25, 0.3) is 0 Å². The first-order valence-electron chi connectivity index (χ1n) is 47.0. The second-order valence-electron chi connectivity index (χ2n) is 32.2. The van der Waals surface area contributed by atoms with E-state index in [0.717, 1.165) is 51.4 Å². The fourth-order valence-electron chi connectivity index (χ4n) is 14.6. The number of carbonyl (C=O) groups is 4. The Morgan fingerprint density at radius 2 is 0.314 bits per heavy atom. The van der Waals surface area contributed by atoms with Gasteiger partial charge in [-0.05, 0) is 32.6 Å². The lowest BCUT2D eigenvalue weighted by Crippen LogP contribution is -2.22. The van der Waals surface area contributed by atoms with Crippen LogP contribution in [0.5, 0.6) is 0 Å². The van der Waals surface area contributed by atoms with Gasteiger partial charge in [-0.1, -0.05) is 490 Å². The highest BCUT2D eigenvalue weighted by atomic mass is 16.6. The van der Waals surface area contributed by atoms with Crippen LogP contribution in [0.25, 0.3) is 0 Å². The number of unbranched alkanes of at least 4 members (excludes halogenated alkanes) is 72. The molecule has 8 heteroatoms. The van der Waals surface area contributed by atoms with Gasteiger partial charge in [0.2, 0.25) is 0 Å². The van der Waals surface area contributed by atoms with Crippen molar-refractivity contribution in [1.29, 1.82) is 0 Å². The highest BCUT2D eigenvalue weighted by Crippen LogP contribution is 2.21. The maximum Gasteiger partial charge on any atom is 0.306 e. The van der Waals surface area contributed by atoms with Crippen LogP contribution >= 0.6 is 0 Å². The van der Waals surface area contributed by atoms with Crippen molar-refractivity contribution in [2.45, 2.75) is 561 Å². The molecule has 0 spiro atoms. The van der Waals surface area contributed by atoms with E-state index in [9.17, 15) is 19.2 Å². The molecule has 0 rings (SSSR count). The van der Waals surface area contributed by atoms with Gasteiger partial charge in [0.1, 0.15) is 12.7 Å². The van der Waals surface area contributed by atoms with Crippen LogP contribution in [0.1, 0.15) is 555 Å². The van der Waals surface area contributed by atoms with Gasteiger partial charge < -0.3 is 18.9 Å². The van der Waals surface area contributed by atoms with E-state index in [0.29, 0.717) is 45.3 Å². The van der Waals surface area contributed by atoms with Gasteiger partial charge in [-0.3, -0.25) is 19.2 Å². The Hall–Kier alpha value is -2.12. The summed E-state index contributed by atoms with van der Waals surface area (Å²) in [4.78, 5) is 48.3. The second kappa shape index (κ2) is 93.1. The van der Waals surface area contributed by atoms with Crippen LogP contribution in [0.15, 0.2) is 0 Å². The minimum absolute atomic E-state index is 0.109. The van der Waals surface area contributed by atoms with E-state index in [4.69, 9.17) is 18.9 Å². The summed E-state index contributed by atoms with van der Waals surface area (Å²) in [5.41, 5.74) is 0. The van der Waals surface area contributed by atoms with Gasteiger partial charge in [-0.15, -0.1) is 0 Å². The van der Waals surface area contributed by atoms with Crippen LogP contribution in [0.4, 0.5) is 0 Å². The molecule has 0 fully saturated rings. The Bertz CT molecular complexity index is 1540. The molecule has 0 aliphatic rings. The fraction of sp³-hybridized carbons (Fsp3) is 0.957. The van der Waals surface area contributed by atoms with Crippen LogP contribution in [-0.4, -0.2) is 49.8 Å². The lowest BCUT2D eigenvalue weighted by Gasteiger charge is -2.13. The van der Waals surface area contributed by atoms with E-state index < -0.39 is 0 Å². The Morgan fingerprint density at radius 3 is 0.480 bits per heavy atom. The summed E-state index contributed by atoms with van der Waals surface area (Å²) in [6.07, 6.45) is 105. The molecule has 0 aliphatic carbocycles. The summed E-state index contributed by atoms with van der Waals surface area (Å²) < 4.78 is 21.5. The first kappa shape index (κ1) is 102. The van der Waals surface area contributed by atoms with E-state index in [2.05, 4.69) is 27.7 Å². The van der Waals surface area contributed by atoms with Crippen molar-refractivity contribution in [3.05, 3.63) is 0 Å². The Morgan fingerprint density at radius 1 is 0.176 bits per heavy atom. The number of hydrogen-bond acceptors (Lipinski definition) is 8. The first-order valence-corrected chi connectivity index (χ1v) is 47.0. The number of rotatable bonds is 87. The summed E-state index contributed by atoms with van der Waals surface area (Å²) in [6, 6.07) is 0. The fourth-order valence-corrected chi connectivity index (χ4v) is 14.6. The zero-order valence-corrected chi connectivity index (χ0v) is 70.2. The quantitative estimate of drug-likeness (QED) is 0.0337. The normalized spacial score (nSPS) is 11.7. The Labute approximate surface area is 639 Å². The van der Waals surface area contributed by atoms with Crippen molar-refractivity contribution >= 4 is 23.9 Å². The second-order valence-corrected chi connectivity index (χ2v) is 32.2. The van der Waals surface area contributed by atoms with Gasteiger partial charge in [0, 0.05) is 32.1 Å². The molecule has 1 unspecified atom stereocenters. The summed E-state index contributed by atoms with van der Waals surface area (Å²) >= 11 is 0. The zero-order valence-electron chi connectivity index (χ0n) is 70.2. The van der Waals surface area contributed by atoms with Gasteiger partial charge >= 0.3 is 23.9 Å².